The molecule has 3 nitrogen and oxygen atoms in total. The lowest BCUT2D eigenvalue weighted by atomic mass is 10.1. The molecule has 3 aromatic rings. The molecule has 0 aliphatic rings. The summed E-state index contributed by atoms with van der Waals surface area (Å²) in [6, 6.07) is 13.9. The van der Waals surface area contributed by atoms with Crippen LogP contribution in [0.25, 0.3) is 10.2 Å². The van der Waals surface area contributed by atoms with Crippen molar-refractivity contribution in [3.63, 3.8) is 0 Å². The van der Waals surface area contributed by atoms with Gasteiger partial charge in [0.2, 0.25) is 5.91 Å². The minimum Gasteiger partial charge on any atom is -0.349 e. The average molecular weight is 360 g/mol. The van der Waals surface area contributed by atoms with Crippen LogP contribution in [0.3, 0.4) is 0 Å². The number of nitrogens with zero attached hydrogens (tertiary/aromatic N) is 1. The maximum absolute atomic E-state index is 13.0. The third-order valence-corrected chi connectivity index (χ3v) is 5.88. The number of thiazole rings is 1. The molecule has 0 aliphatic heterocycles. The largest absolute Gasteiger partial charge is 0.349 e. The summed E-state index contributed by atoms with van der Waals surface area (Å²) in [4.78, 5) is 16.9. The Morgan fingerprint density at radius 3 is 2.58 bits per heavy atom. The average Bonchev–Trinajstić information content (AvgIpc) is 2.97. The molecule has 0 radical (unpaired) electrons. The molecule has 0 fully saturated rings. The van der Waals surface area contributed by atoms with E-state index in [1.54, 1.807) is 23.5 Å². The van der Waals surface area contributed by atoms with Gasteiger partial charge < -0.3 is 5.32 Å². The summed E-state index contributed by atoms with van der Waals surface area (Å²) in [5.41, 5.74) is 1.83. The lowest BCUT2D eigenvalue weighted by Gasteiger charge is -2.17. The van der Waals surface area contributed by atoms with Gasteiger partial charge in [-0.25, -0.2) is 9.37 Å². The number of fused-ring (bicyclic) bond motifs is 1. The van der Waals surface area contributed by atoms with Crippen LogP contribution in [0.4, 0.5) is 4.39 Å². The van der Waals surface area contributed by atoms with E-state index >= 15 is 0 Å². The molecule has 2 aromatic carbocycles. The van der Waals surface area contributed by atoms with E-state index in [9.17, 15) is 9.18 Å². The molecule has 0 spiro atoms. The summed E-state index contributed by atoms with van der Waals surface area (Å²) < 4.78 is 15.0. The van der Waals surface area contributed by atoms with Crippen LogP contribution in [0.2, 0.25) is 0 Å². The summed E-state index contributed by atoms with van der Waals surface area (Å²) in [6.07, 6.45) is 0. The van der Waals surface area contributed by atoms with E-state index in [0.717, 1.165) is 20.1 Å². The molecular formula is C18H17FN2OS2. The zero-order valence-corrected chi connectivity index (χ0v) is 15.0. The first kappa shape index (κ1) is 16.9. The highest BCUT2D eigenvalue weighted by atomic mass is 32.2. The zero-order chi connectivity index (χ0) is 17.1. The van der Waals surface area contributed by atoms with Crippen molar-refractivity contribution in [1.82, 2.24) is 10.3 Å². The fraction of sp³-hybridized carbons (Fsp3) is 0.222. The van der Waals surface area contributed by atoms with Crippen molar-refractivity contribution in [1.29, 1.82) is 0 Å². The monoisotopic (exact) mass is 360 g/mol. The minimum absolute atomic E-state index is 0.0592. The number of rotatable bonds is 5. The Kier molecular flexibility index (Phi) is 5.16. The van der Waals surface area contributed by atoms with Crippen molar-refractivity contribution in [3.05, 3.63) is 59.9 Å². The number of carbonyl (C=O) groups excluding carboxylic acids is 1. The summed E-state index contributed by atoms with van der Waals surface area (Å²) in [5, 5.41) is 2.71. The van der Waals surface area contributed by atoms with E-state index < -0.39 is 0 Å². The van der Waals surface area contributed by atoms with Crippen molar-refractivity contribution >= 4 is 39.2 Å². The summed E-state index contributed by atoms with van der Waals surface area (Å²) in [5.74, 6) is -0.340. The van der Waals surface area contributed by atoms with E-state index in [1.165, 1.54) is 23.9 Å². The van der Waals surface area contributed by atoms with Crippen LogP contribution in [0, 0.1) is 5.82 Å². The Morgan fingerprint density at radius 1 is 1.17 bits per heavy atom. The first-order chi connectivity index (χ1) is 11.5. The van der Waals surface area contributed by atoms with Crippen LogP contribution in [-0.2, 0) is 4.79 Å². The lowest BCUT2D eigenvalue weighted by Crippen LogP contribution is -2.33. The van der Waals surface area contributed by atoms with Gasteiger partial charge in [-0.2, -0.15) is 0 Å². The predicted molar refractivity (Wildman–Crippen MR) is 97.9 cm³/mol. The number of benzene rings is 2. The number of amides is 1. The molecule has 1 heterocycles. The Morgan fingerprint density at radius 2 is 1.88 bits per heavy atom. The number of aromatic nitrogens is 1. The van der Waals surface area contributed by atoms with Crippen molar-refractivity contribution in [2.45, 2.75) is 29.5 Å². The van der Waals surface area contributed by atoms with Gasteiger partial charge in [0.15, 0.2) is 4.34 Å². The van der Waals surface area contributed by atoms with Crippen molar-refractivity contribution in [3.8, 4) is 0 Å². The van der Waals surface area contributed by atoms with Crippen LogP contribution in [0.15, 0.2) is 52.9 Å². The first-order valence-corrected chi connectivity index (χ1v) is 9.30. The van der Waals surface area contributed by atoms with Gasteiger partial charge in [0.1, 0.15) is 5.82 Å². The highest BCUT2D eigenvalue weighted by Gasteiger charge is 2.19. The molecule has 1 amide bonds. The molecule has 0 bridgehead atoms. The molecule has 124 valence electrons. The Hall–Kier alpha value is -1.92. The van der Waals surface area contributed by atoms with E-state index in [2.05, 4.69) is 10.3 Å². The van der Waals surface area contributed by atoms with Gasteiger partial charge in [-0.15, -0.1) is 11.3 Å². The minimum atomic E-state index is -0.281. The number of hydrogen-bond donors (Lipinski definition) is 1. The van der Waals surface area contributed by atoms with Crippen molar-refractivity contribution in [2.24, 2.45) is 0 Å². The highest BCUT2D eigenvalue weighted by Crippen LogP contribution is 2.32. The van der Waals surface area contributed by atoms with Crippen LogP contribution < -0.4 is 5.32 Å². The highest BCUT2D eigenvalue weighted by molar-refractivity contribution is 8.02. The third-order valence-electron chi connectivity index (χ3n) is 3.65. The molecule has 0 aliphatic carbocycles. The van der Waals surface area contributed by atoms with Gasteiger partial charge in [-0.3, -0.25) is 4.79 Å². The van der Waals surface area contributed by atoms with Crippen LogP contribution in [-0.4, -0.2) is 16.1 Å². The van der Waals surface area contributed by atoms with Gasteiger partial charge in [0.05, 0.1) is 21.5 Å². The third kappa shape index (κ3) is 3.94. The topological polar surface area (TPSA) is 42.0 Å². The molecule has 6 heteroatoms. The second kappa shape index (κ2) is 7.32. The van der Waals surface area contributed by atoms with Gasteiger partial charge in [0.25, 0.3) is 0 Å². The fourth-order valence-corrected chi connectivity index (χ4v) is 4.49. The zero-order valence-electron chi connectivity index (χ0n) is 13.3. The van der Waals surface area contributed by atoms with Gasteiger partial charge in [-0.05, 0) is 43.7 Å². The summed E-state index contributed by atoms with van der Waals surface area (Å²) >= 11 is 3.04. The Balaban J connectivity index is 1.62. The van der Waals surface area contributed by atoms with Crippen molar-refractivity contribution in [2.75, 3.05) is 0 Å². The summed E-state index contributed by atoms with van der Waals surface area (Å²) in [6.45, 7) is 3.75. The second-order valence-electron chi connectivity index (χ2n) is 5.49. The Labute approximate surface area is 148 Å². The molecule has 2 atom stereocenters. The number of carbonyl (C=O) groups is 1. The van der Waals surface area contributed by atoms with E-state index in [0.29, 0.717) is 0 Å². The molecule has 24 heavy (non-hydrogen) atoms. The number of halogens is 1. The normalized spacial score (nSPS) is 13.6. The van der Waals surface area contributed by atoms with Crippen LogP contribution >= 0.6 is 23.1 Å². The predicted octanol–water partition coefficient (Wildman–Crippen LogP) is 4.79. The lowest BCUT2D eigenvalue weighted by molar-refractivity contribution is -0.120. The molecule has 1 aromatic heterocycles. The smallest absolute Gasteiger partial charge is 0.233 e. The number of para-hydroxylation sites is 1. The van der Waals surface area contributed by atoms with E-state index in [1.807, 2.05) is 38.1 Å². The van der Waals surface area contributed by atoms with E-state index in [-0.39, 0.29) is 23.0 Å². The van der Waals surface area contributed by atoms with Crippen LogP contribution in [0.5, 0.6) is 0 Å². The molecule has 0 saturated carbocycles. The first-order valence-electron chi connectivity index (χ1n) is 7.61. The van der Waals surface area contributed by atoms with Crippen LogP contribution in [0.1, 0.15) is 25.5 Å². The molecule has 3 rings (SSSR count). The van der Waals surface area contributed by atoms with Gasteiger partial charge in [0, 0.05) is 0 Å². The summed E-state index contributed by atoms with van der Waals surface area (Å²) in [7, 11) is 0. The fourth-order valence-electron chi connectivity index (χ4n) is 2.27. The van der Waals surface area contributed by atoms with Gasteiger partial charge in [-0.1, -0.05) is 36.0 Å². The standard InChI is InChI=1S/C18H17FN2OS2/c1-11(13-7-9-14(19)10-8-13)20-17(22)12(2)23-18-21-15-5-3-4-6-16(15)24-18/h3-12H,1-2H3,(H,20,22)/t11-,12-/m1/s1. The van der Waals surface area contributed by atoms with E-state index in [4.69, 9.17) is 0 Å². The molecule has 0 saturated heterocycles. The SMILES string of the molecule is C[C@@H](Sc1nc2ccccc2s1)C(=O)N[C@H](C)c1ccc(F)cc1. The van der Waals surface area contributed by atoms with Gasteiger partial charge >= 0.3 is 0 Å². The quantitative estimate of drug-likeness (QED) is 0.665. The molecule has 0 unspecified atom stereocenters. The number of thioether (sulfide) groups is 1. The maximum atomic E-state index is 13.0. The van der Waals surface area contributed by atoms with Crippen molar-refractivity contribution < 1.29 is 9.18 Å². The second-order valence-corrected chi connectivity index (χ2v) is 8.11. The maximum Gasteiger partial charge on any atom is 0.233 e. The molecular weight excluding hydrogens is 343 g/mol. The number of hydrogen-bond acceptors (Lipinski definition) is 4. The molecule has 1 N–H and O–H groups in total. The number of nitrogens with one attached hydrogen (secondary N) is 1. The Bertz CT molecular complexity index is 815.